The van der Waals surface area contributed by atoms with E-state index in [0.29, 0.717) is 16.9 Å². The summed E-state index contributed by atoms with van der Waals surface area (Å²) >= 11 is 0. The molecule has 0 bridgehead atoms. The number of rotatable bonds is 3. The standard InChI is InChI=1S/C18H15FN4O3/c19-12-6-4-11(5-7-12)13-8-22(9-14(13)18(25)26)17(24)15-2-1-3-16-20-10-21-23(15)16/h1-7,10,13-14H,8-9H2,(H,25,26)/t13-,14+/m0/s1. The number of aliphatic carboxylic acids is 1. The summed E-state index contributed by atoms with van der Waals surface area (Å²) in [5.41, 5.74) is 1.57. The van der Waals surface area contributed by atoms with Crippen molar-refractivity contribution in [2.24, 2.45) is 5.92 Å². The summed E-state index contributed by atoms with van der Waals surface area (Å²) in [4.78, 5) is 30.2. The number of carbonyl (C=O) groups excluding carboxylic acids is 1. The second-order valence-corrected chi connectivity index (χ2v) is 6.25. The maximum atomic E-state index is 13.2. The number of fused-ring (bicyclic) bond motifs is 1. The van der Waals surface area contributed by atoms with Crippen LogP contribution < -0.4 is 0 Å². The van der Waals surface area contributed by atoms with Gasteiger partial charge in [-0.05, 0) is 29.8 Å². The topological polar surface area (TPSA) is 87.8 Å². The monoisotopic (exact) mass is 354 g/mol. The van der Waals surface area contributed by atoms with Crippen LogP contribution in [-0.2, 0) is 4.79 Å². The zero-order chi connectivity index (χ0) is 18.3. The average Bonchev–Trinajstić information content (AvgIpc) is 3.28. The average molecular weight is 354 g/mol. The van der Waals surface area contributed by atoms with Crippen molar-refractivity contribution < 1.29 is 19.1 Å². The fourth-order valence-corrected chi connectivity index (χ4v) is 3.44. The van der Waals surface area contributed by atoms with Crippen LogP contribution in [0.3, 0.4) is 0 Å². The molecule has 0 unspecified atom stereocenters. The number of nitrogens with zero attached hydrogens (tertiary/aromatic N) is 4. The van der Waals surface area contributed by atoms with Crippen molar-refractivity contribution >= 4 is 17.5 Å². The summed E-state index contributed by atoms with van der Waals surface area (Å²) in [6.07, 6.45) is 1.36. The second-order valence-electron chi connectivity index (χ2n) is 6.25. The van der Waals surface area contributed by atoms with Crippen LogP contribution in [-0.4, -0.2) is 49.6 Å². The molecule has 1 aromatic carbocycles. The van der Waals surface area contributed by atoms with Crippen LogP contribution in [0.1, 0.15) is 22.0 Å². The Balaban J connectivity index is 1.65. The number of amides is 1. The third-order valence-electron chi connectivity index (χ3n) is 4.74. The van der Waals surface area contributed by atoms with Crippen molar-refractivity contribution in [2.45, 2.75) is 5.92 Å². The number of likely N-dealkylation sites (tertiary alicyclic amines) is 1. The molecule has 0 spiro atoms. The van der Waals surface area contributed by atoms with E-state index in [9.17, 15) is 19.1 Å². The molecule has 7 nitrogen and oxygen atoms in total. The number of hydrogen-bond donors (Lipinski definition) is 1. The lowest BCUT2D eigenvalue weighted by Crippen LogP contribution is -2.31. The highest BCUT2D eigenvalue weighted by Gasteiger charge is 2.41. The smallest absolute Gasteiger partial charge is 0.308 e. The molecular weight excluding hydrogens is 339 g/mol. The minimum atomic E-state index is -0.978. The van der Waals surface area contributed by atoms with E-state index in [1.54, 1.807) is 30.3 Å². The Morgan fingerprint density at radius 3 is 2.62 bits per heavy atom. The van der Waals surface area contributed by atoms with E-state index in [1.165, 1.54) is 27.9 Å². The van der Waals surface area contributed by atoms with E-state index in [2.05, 4.69) is 10.1 Å². The van der Waals surface area contributed by atoms with E-state index in [0.717, 1.165) is 0 Å². The Morgan fingerprint density at radius 1 is 1.12 bits per heavy atom. The van der Waals surface area contributed by atoms with Crippen molar-refractivity contribution in [2.75, 3.05) is 13.1 Å². The third kappa shape index (κ3) is 2.69. The summed E-state index contributed by atoms with van der Waals surface area (Å²) in [5, 5.41) is 13.6. The Labute approximate surface area is 147 Å². The molecular formula is C18H15FN4O3. The highest BCUT2D eigenvalue weighted by molar-refractivity contribution is 5.94. The number of carboxylic acid groups (broad SMARTS) is 1. The molecule has 0 aliphatic carbocycles. The third-order valence-corrected chi connectivity index (χ3v) is 4.74. The van der Waals surface area contributed by atoms with E-state index in [-0.39, 0.29) is 24.8 Å². The van der Waals surface area contributed by atoms with Crippen LogP contribution in [0.5, 0.6) is 0 Å². The Morgan fingerprint density at radius 2 is 1.88 bits per heavy atom. The van der Waals surface area contributed by atoms with Gasteiger partial charge in [0.1, 0.15) is 17.8 Å². The minimum absolute atomic E-state index is 0.0846. The Hall–Kier alpha value is -3.29. The van der Waals surface area contributed by atoms with Gasteiger partial charge in [-0.25, -0.2) is 13.9 Å². The van der Waals surface area contributed by atoms with Crippen LogP contribution in [0.25, 0.3) is 5.65 Å². The molecule has 1 fully saturated rings. The van der Waals surface area contributed by atoms with Crippen LogP contribution in [0, 0.1) is 11.7 Å². The minimum Gasteiger partial charge on any atom is -0.481 e. The molecule has 4 rings (SSSR count). The van der Waals surface area contributed by atoms with Gasteiger partial charge in [0, 0.05) is 19.0 Å². The first-order valence-electron chi connectivity index (χ1n) is 8.11. The summed E-state index contributed by atoms with van der Waals surface area (Å²) < 4.78 is 14.6. The fraction of sp³-hybridized carbons (Fsp3) is 0.222. The number of carboxylic acids is 1. The summed E-state index contributed by atoms with van der Waals surface area (Å²) in [6, 6.07) is 10.8. The molecule has 1 aliphatic heterocycles. The molecule has 3 aromatic rings. The van der Waals surface area contributed by atoms with Crippen LogP contribution >= 0.6 is 0 Å². The zero-order valence-corrected chi connectivity index (χ0v) is 13.6. The van der Waals surface area contributed by atoms with Gasteiger partial charge in [-0.3, -0.25) is 9.59 Å². The summed E-state index contributed by atoms with van der Waals surface area (Å²) in [5.74, 6) is -2.82. The van der Waals surface area contributed by atoms with Crippen LogP contribution in [0.4, 0.5) is 4.39 Å². The Kier molecular flexibility index (Phi) is 3.87. The molecule has 2 atom stereocenters. The van der Waals surface area contributed by atoms with Gasteiger partial charge in [-0.1, -0.05) is 18.2 Å². The molecule has 8 heteroatoms. The predicted octanol–water partition coefficient (Wildman–Crippen LogP) is 1.81. The molecule has 2 aromatic heterocycles. The number of benzene rings is 1. The van der Waals surface area contributed by atoms with Gasteiger partial charge in [-0.15, -0.1) is 0 Å². The molecule has 132 valence electrons. The van der Waals surface area contributed by atoms with Crippen molar-refractivity contribution in [3.05, 3.63) is 65.9 Å². The van der Waals surface area contributed by atoms with E-state index < -0.39 is 17.8 Å². The largest absolute Gasteiger partial charge is 0.481 e. The first-order valence-corrected chi connectivity index (χ1v) is 8.11. The van der Waals surface area contributed by atoms with Gasteiger partial charge >= 0.3 is 5.97 Å². The van der Waals surface area contributed by atoms with Gasteiger partial charge < -0.3 is 10.0 Å². The molecule has 0 saturated carbocycles. The lowest BCUT2D eigenvalue weighted by molar-refractivity contribution is -0.141. The quantitative estimate of drug-likeness (QED) is 0.775. The van der Waals surface area contributed by atoms with Crippen molar-refractivity contribution in [3.8, 4) is 0 Å². The Bertz CT molecular complexity index is 986. The number of halogens is 1. The van der Waals surface area contributed by atoms with Gasteiger partial charge in [-0.2, -0.15) is 5.10 Å². The molecule has 26 heavy (non-hydrogen) atoms. The molecule has 1 amide bonds. The summed E-state index contributed by atoms with van der Waals surface area (Å²) in [6.45, 7) is 0.327. The molecule has 3 heterocycles. The van der Waals surface area contributed by atoms with Crippen molar-refractivity contribution in [1.82, 2.24) is 19.5 Å². The molecule has 0 radical (unpaired) electrons. The maximum absolute atomic E-state index is 13.2. The lowest BCUT2D eigenvalue weighted by atomic mass is 9.89. The SMILES string of the molecule is O=C(O)[C@@H]1CN(C(=O)c2cccc3ncnn23)C[C@H]1c1ccc(F)cc1. The maximum Gasteiger partial charge on any atom is 0.308 e. The van der Waals surface area contributed by atoms with Crippen molar-refractivity contribution in [1.29, 1.82) is 0 Å². The normalized spacial score (nSPS) is 19.8. The lowest BCUT2D eigenvalue weighted by Gasteiger charge is -2.17. The summed E-state index contributed by atoms with van der Waals surface area (Å²) in [7, 11) is 0. The van der Waals surface area contributed by atoms with Gasteiger partial charge in [0.15, 0.2) is 5.65 Å². The number of aromatic nitrogens is 3. The second kappa shape index (κ2) is 6.21. The van der Waals surface area contributed by atoms with E-state index in [1.807, 2.05) is 0 Å². The molecule has 1 saturated heterocycles. The first kappa shape index (κ1) is 16.2. The number of carbonyl (C=O) groups is 2. The van der Waals surface area contributed by atoms with Crippen LogP contribution in [0.15, 0.2) is 48.8 Å². The van der Waals surface area contributed by atoms with Gasteiger partial charge in [0.25, 0.3) is 5.91 Å². The van der Waals surface area contributed by atoms with Gasteiger partial charge in [0.2, 0.25) is 0 Å². The van der Waals surface area contributed by atoms with Crippen molar-refractivity contribution in [3.63, 3.8) is 0 Å². The van der Waals surface area contributed by atoms with E-state index >= 15 is 0 Å². The van der Waals surface area contributed by atoms with Gasteiger partial charge in [0.05, 0.1) is 5.92 Å². The highest BCUT2D eigenvalue weighted by atomic mass is 19.1. The number of pyridine rings is 1. The molecule has 1 aliphatic rings. The fourth-order valence-electron chi connectivity index (χ4n) is 3.44. The number of hydrogen-bond acceptors (Lipinski definition) is 4. The first-order chi connectivity index (χ1) is 12.5. The van der Waals surface area contributed by atoms with Crippen LogP contribution in [0.2, 0.25) is 0 Å². The predicted molar refractivity (Wildman–Crippen MR) is 89.2 cm³/mol. The molecule has 1 N–H and O–H groups in total. The zero-order valence-electron chi connectivity index (χ0n) is 13.6. The van der Waals surface area contributed by atoms with E-state index in [4.69, 9.17) is 0 Å². The highest BCUT2D eigenvalue weighted by Crippen LogP contribution is 2.33.